The van der Waals surface area contributed by atoms with Crippen LogP contribution < -0.4 is 11.5 Å². The molecule has 10 heteroatoms. The molecule has 0 saturated heterocycles. The van der Waals surface area contributed by atoms with E-state index in [2.05, 4.69) is 34.0 Å². The highest BCUT2D eigenvalue weighted by Crippen LogP contribution is 2.16. The fraction of sp³-hybridized carbons (Fsp3) is 0.727. The second kappa shape index (κ2) is 21.6. The highest BCUT2D eigenvalue weighted by atomic mass is 16.5. The number of nitrogen functional groups attached to an aromatic ring is 1. The van der Waals surface area contributed by atoms with Crippen molar-refractivity contribution in [1.29, 1.82) is 0 Å². The summed E-state index contributed by atoms with van der Waals surface area (Å²) in [5, 5.41) is 0. The third kappa shape index (κ3) is 15.3. The molecule has 2 atom stereocenters. The molecule has 2 rings (SSSR count). The van der Waals surface area contributed by atoms with Gasteiger partial charge in [0.05, 0.1) is 25.7 Å². The highest BCUT2D eigenvalue weighted by Gasteiger charge is 2.21. The smallest absolute Gasteiger partial charge is 0.323 e. The van der Waals surface area contributed by atoms with Gasteiger partial charge in [0.2, 0.25) is 5.95 Å². The van der Waals surface area contributed by atoms with E-state index in [1.165, 1.54) is 57.8 Å². The van der Waals surface area contributed by atoms with Crippen LogP contribution in [0.5, 0.6) is 0 Å². The molecule has 4 N–H and O–H groups in total. The summed E-state index contributed by atoms with van der Waals surface area (Å²) in [6.07, 6.45) is 24.6. The number of nitrogens with zero attached hydrogens (tertiary/aromatic N) is 4. The van der Waals surface area contributed by atoms with Crippen molar-refractivity contribution in [2.24, 2.45) is 17.6 Å². The first-order valence-electron chi connectivity index (χ1n) is 16.5. The topological polar surface area (TPSA) is 148 Å². The Morgan fingerprint density at radius 3 is 2.26 bits per heavy atom. The zero-order valence-electron chi connectivity index (χ0n) is 26.8. The lowest BCUT2D eigenvalue weighted by Gasteiger charge is -2.19. The van der Waals surface area contributed by atoms with E-state index in [1.807, 2.05) is 18.4 Å². The number of esters is 2. The predicted octanol–water partition coefficient (Wildman–Crippen LogP) is 6.52. The van der Waals surface area contributed by atoms with Gasteiger partial charge in [0.15, 0.2) is 5.65 Å². The summed E-state index contributed by atoms with van der Waals surface area (Å²) in [7, 11) is 0. The van der Waals surface area contributed by atoms with Crippen LogP contribution >= 0.6 is 0 Å². The van der Waals surface area contributed by atoms with Gasteiger partial charge in [-0.2, -0.15) is 4.98 Å². The Bertz CT molecular complexity index is 1090. The molecule has 0 bridgehead atoms. The molecule has 0 aromatic carbocycles. The minimum Gasteiger partial charge on any atom is -0.465 e. The number of ether oxygens (including phenoxy) is 2. The lowest BCUT2D eigenvalue weighted by atomic mass is 10.1. The van der Waals surface area contributed by atoms with Crippen LogP contribution in [0.25, 0.3) is 11.2 Å². The zero-order valence-corrected chi connectivity index (χ0v) is 26.8. The molecule has 0 aliphatic rings. The number of unbranched alkanes of at least 4 members (excludes halogenated alkanes) is 11. The van der Waals surface area contributed by atoms with Crippen molar-refractivity contribution in [2.75, 3.05) is 18.9 Å². The molecule has 0 saturated carbocycles. The summed E-state index contributed by atoms with van der Waals surface area (Å²) >= 11 is 0. The Morgan fingerprint density at radius 1 is 0.930 bits per heavy atom. The maximum absolute atomic E-state index is 12.5. The molecule has 0 amide bonds. The molecule has 0 aliphatic carbocycles. The minimum atomic E-state index is -0.667. The van der Waals surface area contributed by atoms with Crippen LogP contribution in [0, 0.1) is 11.8 Å². The fourth-order valence-corrected chi connectivity index (χ4v) is 4.83. The summed E-state index contributed by atoms with van der Waals surface area (Å²) < 4.78 is 12.9. The number of imidazole rings is 1. The Morgan fingerprint density at radius 2 is 1.58 bits per heavy atom. The van der Waals surface area contributed by atoms with Crippen LogP contribution in [0.3, 0.4) is 0 Å². The van der Waals surface area contributed by atoms with Crippen molar-refractivity contribution in [1.82, 2.24) is 19.5 Å². The van der Waals surface area contributed by atoms with Gasteiger partial charge in [-0.05, 0) is 44.4 Å². The number of hydrogen-bond donors (Lipinski definition) is 2. The number of hydrogen-bond acceptors (Lipinski definition) is 9. The Labute approximate surface area is 258 Å². The van der Waals surface area contributed by atoms with E-state index in [1.54, 1.807) is 12.5 Å². The molecule has 10 nitrogen and oxygen atoms in total. The van der Waals surface area contributed by atoms with E-state index >= 15 is 0 Å². The number of rotatable bonds is 24. The number of allylic oxidation sites excluding steroid dienone is 2. The van der Waals surface area contributed by atoms with Gasteiger partial charge < -0.3 is 25.5 Å². The normalized spacial score (nSPS) is 13.1. The number of carbonyl (C=O) groups is 2. The average Bonchev–Trinajstić information content (AvgIpc) is 3.38. The van der Waals surface area contributed by atoms with Crippen molar-refractivity contribution in [3.05, 3.63) is 24.7 Å². The number of fused-ring (bicyclic) bond motifs is 1. The first kappa shape index (κ1) is 36.2. The largest absolute Gasteiger partial charge is 0.465 e. The number of anilines is 1. The van der Waals surface area contributed by atoms with Gasteiger partial charge in [0, 0.05) is 18.9 Å². The maximum atomic E-state index is 12.5. The quantitative estimate of drug-likeness (QED) is 0.0780. The van der Waals surface area contributed by atoms with E-state index in [0.29, 0.717) is 30.6 Å². The number of carbonyl (C=O) groups excluding carboxylic acids is 2. The van der Waals surface area contributed by atoms with Crippen LogP contribution in [0.1, 0.15) is 117 Å². The second-order valence-electron chi connectivity index (χ2n) is 11.9. The Kier molecular flexibility index (Phi) is 18.2. The van der Waals surface area contributed by atoms with Gasteiger partial charge in [-0.25, -0.2) is 9.97 Å². The molecule has 0 spiro atoms. The first-order valence-corrected chi connectivity index (χ1v) is 16.5. The van der Waals surface area contributed by atoms with Gasteiger partial charge in [-0.3, -0.25) is 9.59 Å². The third-order valence-corrected chi connectivity index (χ3v) is 7.72. The van der Waals surface area contributed by atoms with Gasteiger partial charge in [-0.15, -0.1) is 0 Å². The summed E-state index contributed by atoms with van der Waals surface area (Å²) in [5.41, 5.74) is 12.9. The predicted molar refractivity (Wildman–Crippen MR) is 172 cm³/mol. The average molecular weight is 601 g/mol. The van der Waals surface area contributed by atoms with E-state index in [-0.39, 0.29) is 37.0 Å². The highest BCUT2D eigenvalue weighted by molar-refractivity contribution is 5.75. The summed E-state index contributed by atoms with van der Waals surface area (Å²) in [4.78, 5) is 37.3. The molecule has 242 valence electrons. The molecule has 0 fully saturated rings. The molecule has 0 radical (unpaired) electrons. The first-order chi connectivity index (χ1) is 20.8. The third-order valence-electron chi connectivity index (χ3n) is 7.72. The van der Waals surface area contributed by atoms with Crippen molar-refractivity contribution < 1.29 is 19.1 Å². The minimum absolute atomic E-state index is 0.0109. The molecule has 43 heavy (non-hydrogen) atoms. The van der Waals surface area contributed by atoms with Crippen molar-refractivity contribution in [2.45, 2.75) is 130 Å². The standard InChI is InChI=1S/C33H56N6O4/c1-4-5-6-7-8-9-10-11-12-13-14-15-16-17-18-19-29(40)43-24-27(20-21-42-32(41)30(34)26(2)3)23-39-25-37-28-22-36-33(35)38-31(28)39/h11-12,22,25-27,30H,4-10,13-21,23-24,34H2,1-3H3,(H2,35,36,38)/t27-,30+/m1/s1. The van der Waals surface area contributed by atoms with Crippen LogP contribution in [0.4, 0.5) is 5.95 Å². The van der Waals surface area contributed by atoms with E-state index in [0.717, 1.165) is 25.7 Å². The zero-order chi connectivity index (χ0) is 31.3. The fourth-order valence-electron chi connectivity index (χ4n) is 4.83. The van der Waals surface area contributed by atoms with Crippen LogP contribution in [-0.4, -0.2) is 50.7 Å². The number of aromatic nitrogens is 4. The molecule has 0 aliphatic heterocycles. The molecule has 2 aromatic heterocycles. The maximum Gasteiger partial charge on any atom is 0.323 e. The summed E-state index contributed by atoms with van der Waals surface area (Å²) in [6.45, 7) is 6.87. The van der Waals surface area contributed by atoms with Gasteiger partial charge in [0.25, 0.3) is 0 Å². The van der Waals surface area contributed by atoms with Crippen molar-refractivity contribution in [3.63, 3.8) is 0 Å². The second-order valence-corrected chi connectivity index (χ2v) is 11.9. The lowest BCUT2D eigenvalue weighted by molar-refractivity contribution is -0.149. The van der Waals surface area contributed by atoms with Gasteiger partial charge in [-0.1, -0.05) is 84.3 Å². The van der Waals surface area contributed by atoms with E-state index < -0.39 is 12.0 Å². The Balaban J connectivity index is 1.67. The van der Waals surface area contributed by atoms with E-state index in [4.69, 9.17) is 20.9 Å². The van der Waals surface area contributed by atoms with Crippen molar-refractivity contribution in [3.8, 4) is 0 Å². The monoisotopic (exact) mass is 600 g/mol. The van der Waals surface area contributed by atoms with E-state index in [9.17, 15) is 9.59 Å². The molecular weight excluding hydrogens is 544 g/mol. The number of nitrogens with two attached hydrogens (primary N) is 2. The lowest BCUT2D eigenvalue weighted by Crippen LogP contribution is -2.37. The SMILES string of the molecule is CCCCCCCCC=CCCCCCCCC(=O)OC[C@H](CCOC(=O)[C@@H](N)C(C)C)Cn1cnc2cnc(N)nc21. The van der Waals surface area contributed by atoms with Gasteiger partial charge >= 0.3 is 11.9 Å². The summed E-state index contributed by atoms with van der Waals surface area (Å²) in [6, 6.07) is -0.667. The van der Waals surface area contributed by atoms with Gasteiger partial charge in [0.1, 0.15) is 11.6 Å². The summed E-state index contributed by atoms with van der Waals surface area (Å²) in [5.74, 6) is -0.598. The van der Waals surface area contributed by atoms with Crippen molar-refractivity contribution >= 4 is 29.1 Å². The Hall–Kier alpha value is -3.01. The molecular formula is C33H56N6O4. The van der Waals surface area contributed by atoms with Crippen LogP contribution in [0.15, 0.2) is 24.7 Å². The van der Waals surface area contributed by atoms with Crippen LogP contribution in [-0.2, 0) is 25.6 Å². The molecule has 2 heterocycles. The molecule has 2 aromatic rings. The molecule has 0 unspecified atom stereocenters. The van der Waals surface area contributed by atoms with Crippen LogP contribution in [0.2, 0.25) is 0 Å².